The Labute approximate surface area is 165 Å². The summed E-state index contributed by atoms with van der Waals surface area (Å²) in [5, 5.41) is 11.8. The molecule has 1 spiro atoms. The Hall–Kier alpha value is -2.78. The topological polar surface area (TPSA) is 32.7 Å². The predicted octanol–water partition coefficient (Wildman–Crippen LogP) is 4.90. The van der Waals surface area contributed by atoms with Crippen LogP contribution >= 0.6 is 0 Å². The number of likely N-dealkylation sites (N-methyl/N-ethyl adjacent to an activating group) is 1. The summed E-state index contributed by atoms with van der Waals surface area (Å²) in [5.74, 6) is 0.921. The van der Waals surface area contributed by atoms with E-state index < -0.39 is 5.72 Å². The van der Waals surface area contributed by atoms with E-state index in [4.69, 9.17) is 4.74 Å². The van der Waals surface area contributed by atoms with E-state index in [2.05, 4.69) is 92.5 Å². The minimum absolute atomic E-state index is 0.164. The van der Waals surface area contributed by atoms with Crippen LogP contribution in [-0.4, -0.2) is 24.5 Å². The Kier molecular flexibility index (Phi) is 3.62. The second-order valence-corrected chi connectivity index (χ2v) is 8.34. The van der Waals surface area contributed by atoms with Crippen molar-refractivity contribution in [2.75, 3.05) is 18.6 Å². The predicted molar refractivity (Wildman–Crippen MR) is 115 cm³/mol. The molecule has 0 fully saturated rings. The first-order valence-electron chi connectivity index (χ1n) is 9.86. The number of hydrogen-bond acceptors (Lipinski definition) is 3. The van der Waals surface area contributed by atoms with E-state index in [1.807, 2.05) is 0 Å². The fourth-order valence-electron chi connectivity index (χ4n) is 4.90. The van der Waals surface area contributed by atoms with Gasteiger partial charge < -0.3 is 14.7 Å². The third-order valence-electron chi connectivity index (χ3n) is 6.56. The molecule has 1 N–H and O–H groups in total. The van der Waals surface area contributed by atoms with Gasteiger partial charge >= 0.3 is 0 Å². The maximum atomic E-state index is 9.34. The van der Waals surface area contributed by atoms with Crippen molar-refractivity contribution in [3.05, 3.63) is 77.4 Å². The molecule has 142 valence electrons. The first-order chi connectivity index (χ1) is 13.5. The van der Waals surface area contributed by atoms with E-state index >= 15 is 0 Å². The van der Waals surface area contributed by atoms with E-state index in [9.17, 15) is 5.11 Å². The Balaban J connectivity index is 1.65. The number of nitrogens with zero attached hydrogens (tertiary/aromatic N) is 1. The highest BCUT2D eigenvalue weighted by atomic mass is 16.5. The Morgan fingerprint density at radius 2 is 1.86 bits per heavy atom. The van der Waals surface area contributed by atoms with Crippen molar-refractivity contribution >= 4 is 22.5 Å². The zero-order valence-electron chi connectivity index (χ0n) is 16.6. The molecule has 0 aliphatic carbocycles. The van der Waals surface area contributed by atoms with Crippen LogP contribution in [0.2, 0.25) is 0 Å². The van der Waals surface area contributed by atoms with Crippen molar-refractivity contribution in [3.8, 4) is 5.75 Å². The summed E-state index contributed by atoms with van der Waals surface area (Å²) in [6, 6.07) is 19.1. The largest absolute Gasteiger partial charge is 0.463 e. The highest BCUT2D eigenvalue weighted by molar-refractivity contribution is 5.94. The molecular weight excluding hydrogens is 346 g/mol. The highest BCUT2D eigenvalue weighted by Crippen LogP contribution is 2.54. The molecule has 0 bridgehead atoms. The van der Waals surface area contributed by atoms with Crippen molar-refractivity contribution in [2.45, 2.75) is 31.4 Å². The van der Waals surface area contributed by atoms with E-state index in [1.165, 1.54) is 22.0 Å². The summed E-state index contributed by atoms with van der Waals surface area (Å²) in [6.07, 6.45) is 5.11. The molecule has 0 saturated carbocycles. The molecule has 5 rings (SSSR count). The molecule has 2 heterocycles. The molecule has 3 nitrogen and oxygen atoms in total. The van der Waals surface area contributed by atoms with Crippen LogP contribution in [0.4, 0.5) is 5.69 Å². The molecule has 2 aliphatic heterocycles. The lowest BCUT2D eigenvalue weighted by Gasteiger charge is -2.46. The normalized spacial score (nSPS) is 21.6. The molecule has 0 amide bonds. The molecule has 3 aromatic carbocycles. The smallest absolute Gasteiger partial charge is 0.211 e. The lowest BCUT2D eigenvalue weighted by Crippen LogP contribution is -2.58. The average Bonchev–Trinajstić information content (AvgIpc) is 2.86. The second-order valence-electron chi connectivity index (χ2n) is 8.34. The summed E-state index contributed by atoms with van der Waals surface area (Å²) in [7, 11) is 2.11. The van der Waals surface area contributed by atoms with Crippen LogP contribution in [0.3, 0.4) is 0 Å². The minimum atomic E-state index is -0.581. The molecule has 0 aromatic heterocycles. The Morgan fingerprint density at radius 3 is 2.68 bits per heavy atom. The summed E-state index contributed by atoms with van der Waals surface area (Å²) < 4.78 is 6.79. The number of rotatable bonds is 2. The van der Waals surface area contributed by atoms with Gasteiger partial charge in [0.1, 0.15) is 5.75 Å². The van der Waals surface area contributed by atoms with Crippen LogP contribution in [0.25, 0.3) is 16.8 Å². The molecule has 3 aromatic rings. The molecule has 1 atom stereocenters. The number of aliphatic hydroxyl groups is 1. The number of benzene rings is 3. The van der Waals surface area contributed by atoms with Gasteiger partial charge in [0.15, 0.2) is 0 Å². The average molecular weight is 371 g/mol. The third-order valence-corrected chi connectivity index (χ3v) is 6.56. The van der Waals surface area contributed by atoms with Gasteiger partial charge in [0, 0.05) is 24.9 Å². The zero-order chi connectivity index (χ0) is 19.5. The van der Waals surface area contributed by atoms with Crippen LogP contribution in [0.1, 0.15) is 30.5 Å². The maximum absolute atomic E-state index is 9.34. The number of ether oxygens (including phenoxy) is 1. The summed E-state index contributed by atoms with van der Waals surface area (Å²) in [5.41, 5.74) is 3.91. The van der Waals surface area contributed by atoms with Gasteiger partial charge in [0.05, 0.1) is 5.41 Å². The fraction of sp³-hybridized carbons (Fsp3) is 0.280. The van der Waals surface area contributed by atoms with E-state index in [-0.39, 0.29) is 12.0 Å². The molecule has 0 radical (unpaired) electrons. The van der Waals surface area contributed by atoms with Crippen LogP contribution in [0, 0.1) is 0 Å². The first kappa shape index (κ1) is 17.3. The van der Waals surface area contributed by atoms with Gasteiger partial charge in [-0.25, -0.2) is 0 Å². The standard InChI is InChI=1S/C25H25NO2/c1-24(2)21-16-17(13-15-27)8-10-22(21)26(3)25(24)14-12-20-19-7-5-4-6-18(19)9-11-23(20)28-25/h4-12,14,16,27H,13,15H2,1-3H3. The van der Waals surface area contributed by atoms with E-state index in [1.54, 1.807) is 0 Å². The van der Waals surface area contributed by atoms with Gasteiger partial charge in [-0.05, 0) is 66.5 Å². The van der Waals surface area contributed by atoms with Gasteiger partial charge in [-0.15, -0.1) is 0 Å². The second kappa shape index (κ2) is 5.86. The quantitative estimate of drug-likeness (QED) is 0.695. The zero-order valence-corrected chi connectivity index (χ0v) is 16.6. The van der Waals surface area contributed by atoms with Crippen molar-refractivity contribution in [1.82, 2.24) is 0 Å². The van der Waals surface area contributed by atoms with Gasteiger partial charge in [-0.1, -0.05) is 42.5 Å². The number of anilines is 1. The summed E-state index contributed by atoms with van der Waals surface area (Å²) >= 11 is 0. The number of fused-ring (bicyclic) bond motifs is 4. The molecule has 3 heteroatoms. The van der Waals surface area contributed by atoms with Crippen molar-refractivity contribution in [3.63, 3.8) is 0 Å². The molecule has 28 heavy (non-hydrogen) atoms. The summed E-state index contributed by atoms with van der Waals surface area (Å²) in [4.78, 5) is 2.25. The van der Waals surface area contributed by atoms with Crippen molar-refractivity contribution in [2.24, 2.45) is 0 Å². The Bertz CT molecular complexity index is 1110. The lowest BCUT2D eigenvalue weighted by molar-refractivity contribution is 0.0584. The van der Waals surface area contributed by atoms with Gasteiger partial charge in [-0.2, -0.15) is 0 Å². The van der Waals surface area contributed by atoms with Crippen molar-refractivity contribution in [1.29, 1.82) is 0 Å². The van der Waals surface area contributed by atoms with Crippen LogP contribution in [0.15, 0.2) is 60.7 Å². The van der Waals surface area contributed by atoms with Crippen LogP contribution in [0.5, 0.6) is 5.75 Å². The monoisotopic (exact) mass is 371 g/mol. The number of hydrogen-bond donors (Lipinski definition) is 1. The molecule has 2 aliphatic rings. The SMILES string of the molecule is CN1c2ccc(CCO)cc2C(C)(C)C12C=Cc1c(ccc3ccccc13)O2. The number of aliphatic hydroxyl groups excluding tert-OH is 1. The lowest BCUT2D eigenvalue weighted by atomic mass is 9.76. The van der Waals surface area contributed by atoms with Gasteiger partial charge in [-0.3, -0.25) is 0 Å². The van der Waals surface area contributed by atoms with Crippen LogP contribution < -0.4 is 9.64 Å². The highest BCUT2D eigenvalue weighted by Gasteiger charge is 2.57. The summed E-state index contributed by atoms with van der Waals surface area (Å²) in [6.45, 7) is 4.65. The minimum Gasteiger partial charge on any atom is -0.463 e. The van der Waals surface area contributed by atoms with Gasteiger partial charge in [0.25, 0.3) is 0 Å². The molecular formula is C25H25NO2. The first-order valence-corrected chi connectivity index (χ1v) is 9.86. The Morgan fingerprint density at radius 1 is 1.04 bits per heavy atom. The molecule has 1 unspecified atom stereocenters. The molecule has 0 saturated heterocycles. The van der Waals surface area contributed by atoms with E-state index in [0.717, 1.165) is 16.9 Å². The maximum Gasteiger partial charge on any atom is 0.211 e. The third kappa shape index (κ3) is 2.14. The van der Waals surface area contributed by atoms with Crippen molar-refractivity contribution < 1.29 is 9.84 Å². The van der Waals surface area contributed by atoms with Gasteiger partial charge in [0.2, 0.25) is 5.72 Å². The fourth-order valence-corrected chi connectivity index (χ4v) is 4.90. The van der Waals surface area contributed by atoms with Crippen LogP contribution in [-0.2, 0) is 11.8 Å². The van der Waals surface area contributed by atoms with E-state index in [0.29, 0.717) is 6.42 Å².